The van der Waals surface area contributed by atoms with E-state index in [-0.39, 0.29) is 36.9 Å². The number of hydrogen-bond acceptors (Lipinski definition) is 7. The Bertz CT molecular complexity index is 750. The largest absolute Gasteiger partial charge is 0.481 e. The molecule has 0 bridgehead atoms. The number of ketones is 1. The van der Waals surface area contributed by atoms with E-state index in [0.717, 1.165) is 38.6 Å². The molecule has 0 spiro atoms. The van der Waals surface area contributed by atoms with E-state index in [1.54, 1.807) is 9.80 Å². The fourth-order valence-electron chi connectivity index (χ4n) is 4.24. The lowest BCUT2D eigenvalue weighted by Crippen LogP contribution is -2.42. The molecule has 2 rings (SSSR count). The summed E-state index contributed by atoms with van der Waals surface area (Å²) in [5, 5.41) is 8.69. The van der Waals surface area contributed by atoms with Crippen LogP contribution in [0.5, 0.6) is 0 Å². The monoisotopic (exact) mass is 593 g/mol. The Morgan fingerprint density at radius 3 is 1.35 bits per heavy atom. The first-order valence-corrected chi connectivity index (χ1v) is 14.4. The van der Waals surface area contributed by atoms with Gasteiger partial charge in [0.1, 0.15) is 17.0 Å². The summed E-state index contributed by atoms with van der Waals surface area (Å²) in [4.78, 5) is 49.2. The van der Waals surface area contributed by atoms with Crippen LogP contribution in [-0.2, 0) is 19.1 Å². The summed E-state index contributed by atoms with van der Waals surface area (Å²) in [6, 6.07) is 0. The average molecular weight is 594 g/mol. The van der Waals surface area contributed by atoms with Crippen molar-refractivity contribution in [3.63, 3.8) is 0 Å². The topological polar surface area (TPSA) is 139 Å². The van der Waals surface area contributed by atoms with Gasteiger partial charge < -0.3 is 30.1 Å². The fourth-order valence-corrected chi connectivity index (χ4v) is 4.24. The van der Waals surface area contributed by atoms with E-state index in [9.17, 15) is 19.2 Å². The van der Waals surface area contributed by atoms with Gasteiger partial charge in [-0.2, -0.15) is 0 Å². The molecule has 0 unspecified atom stereocenters. The number of carbonyl (C=O) groups is 4. The van der Waals surface area contributed by atoms with E-state index < -0.39 is 17.2 Å². The third-order valence-electron chi connectivity index (χ3n) is 6.04. The van der Waals surface area contributed by atoms with Crippen molar-refractivity contribution in [1.29, 1.82) is 0 Å². The van der Waals surface area contributed by atoms with Crippen molar-refractivity contribution in [3.8, 4) is 0 Å². The third kappa shape index (κ3) is 19.9. The number of halogens is 1. The summed E-state index contributed by atoms with van der Waals surface area (Å²) in [5.74, 6) is 0.225. The number of carbonyl (C=O) groups excluding carboxylic acids is 3. The maximum atomic E-state index is 11.9. The molecule has 2 heterocycles. The standard InChI is InChI=1S/C15H27NO3.C12H21NO4.C2H7N.ClH/c1-5-6-13(17)11-12-7-9-16(10-8-12)14(18)19-15(2,3)4;1-12(2,3)17-11(16)13-6-4-9(5-7-13)8-10(14)15;1-2-3;/h12H,5-11H2,1-4H3;9H,4-8H2,1-3H3,(H,14,15);2-3H2,1H3;1H. The Balaban J connectivity index is 0. The molecule has 11 heteroatoms. The second-order valence-corrected chi connectivity index (χ2v) is 12.3. The molecule has 0 aromatic rings. The van der Waals surface area contributed by atoms with Crippen LogP contribution in [0.3, 0.4) is 0 Å². The third-order valence-corrected chi connectivity index (χ3v) is 6.04. The Hall–Kier alpha value is -2.07. The number of carboxylic acid groups (broad SMARTS) is 1. The zero-order valence-electron chi connectivity index (χ0n) is 26.1. The number of ether oxygens (including phenoxy) is 2. The van der Waals surface area contributed by atoms with Crippen LogP contribution in [0.2, 0.25) is 0 Å². The highest BCUT2D eigenvalue weighted by molar-refractivity contribution is 5.85. The first-order chi connectivity index (χ1) is 18.0. The maximum Gasteiger partial charge on any atom is 0.410 e. The van der Waals surface area contributed by atoms with Crippen molar-refractivity contribution < 1.29 is 33.8 Å². The van der Waals surface area contributed by atoms with Crippen LogP contribution >= 0.6 is 12.4 Å². The maximum absolute atomic E-state index is 11.9. The second kappa shape index (κ2) is 19.9. The molecule has 40 heavy (non-hydrogen) atoms. The van der Waals surface area contributed by atoms with Gasteiger partial charge in [0, 0.05) is 45.4 Å². The molecule has 0 saturated carbocycles. The van der Waals surface area contributed by atoms with Gasteiger partial charge in [-0.05, 0) is 92.0 Å². The molecule has 2 aliphatic heterocycles. The molecule has 3 N–H and O–H groups in total. The molecule has 0 aromatic heterocycles. The first kappa shape index (κ1) is 40.1. The molecule has 0 aromatic carbocycles. The van der Waals surface area contributed by atoms with Crippen molar-refractivity contribution in [2.45, 2.75) is 118 Å². The molecule has 10 nitrogen and oxygen atoms in total. The van der Waals surface area contributed by atoms with E-state index in [1.807, 2.05) is 55.4 Å². The molecule has 0 radical (unpaired) electrons. The lowest BCUT2D eigenvalue weighted by atomic mass is 9.91. The van der Waals surface area contributed by atoms with Gasteiger partial charge in [-0.25, -0.2) is 9.59 Å². The Morgan fingerprint density at radius 1 is 0.750 bits per heavy atom. The zero-order valence-corrected chi connectivity index (χ0v) is 26.9. The number of rotatable bonds is 6. The predicted molar refractivity (Wildman–Crippen MR) is 160 cm³/mol. The summed E-state index contributed by atoms with van der Waals surface area (Å²) >= 11 is 0. The smallest absolute Gasteiger partial charge is 0.410 e. The molecule has 0 atom stereocenters. The minimum Gasteiger partial charge on any atom is -0.481 e. The minimum atomic E-state index is -0.763. The average Bonchev–Trinajstić information content (AvgIpc) is 2.78. The van der Waals surface area contributed by atoms with Crippen LogP contribution in [0, 0.1) is 11.8 Å². The van der Waals surface area contributed by atoms with Crippen LogP contribution in [-0.4, -0.2) is 82.8 Å². The van der Waals surface area contributed by atoms with Crippen molar-refractivity contribution >= 4 is 36.3 Å². The van der Waals surface area contributed by atoms with Crippen LogP contribution < -0.4 is 5.73 Å². The van der Waals surface area contributed by atoms with Crippen molar-refractivity contribution in [2.75, 3.05) is 32.7 Å². The summed E-state index contributed by atoms with van der Waals surface area (Å²) in [7, 11) is 0. The Kier molecular flexibility index (Phi) is 19.9. The van der Waals surface area contributed by atoms with Gasteiger partial charge in [0.15, 0.2) is 0 Å². The predicted octanol–water partition coefficient (Wildman–Crippen LogP) is 5.89. The number of amides is 2. The van der Waals surface area contributed by atoms with Crippen molar-refractivity contribution in [2.24, 2.45) is 17.6 Å². The number of piperidine rings is 2. The van der Waals surface area contributed by atoms with E-state index >= 15 is 0 Å². The lowest BCUT2D eigenvalue weighted by Gasteiger charge is -2.33. The van der Waals surface area contributed by atoms with Crippen molar-refractivity contribution in [3.05, 3.63) is 0 Å². The lowest BCUT2D eigenvalue weighted by molar-refractivity contribution is -0.138. The Morgan fingerprint density at radius 2 is 1.07 bits per heavy atom. The summed E-state index contributed by atoms with van der Waals surface area (Å²) in [5.41, 5.74) is 3.93. The highest BCUT2D eigenvalue weighted by Crippen LogP contribution is 2.24. The van der Waals surface area contributed by atoms with Crippen LogP contribution in [0.25, 0.3) is 0 Å². The SMILES string of the molecule is CC(C)(C)OC(=O)N1CCC(CC(=O)O)CC1.CCCC(=O)CC1CCN(C(=O)OC(C)(C)C)CC1.CCN.Cl. The molecular weight excluding hydrogens is 538 g/mol. The van der Waals surface area contributed by atoms with Crippen LogP contribution in [0.4, 0.5) is 9.59 Å². The molecule has 2 aliphatic rings. The highest BCUT2D eigenvalue weighted by atomic mass is 35.5. The van der Waals surface area contributed by atoms with Crippen LogP contribution in [0.15, 0.2) is 0 Å². The molecule has 2 amide bonds. The van der Waals surface area contributed by atoms with Gasteiger partial charge in [0.25, 0.3) is 0 Å². The minimum absolute atomic E-state index is 0. The number of hydrogen-bond donors (Lipinski definition) is 2. The van der Waals surface area contributed by atoms with E-state index in [4.69, 9.17) is 20.3 Å². The summed E-state index contributed by atoms with van der Waals surface area (Å²) in [6.07, 6.45) is 5.26. The molecule has 2 fully saturated rings. The molecule has 236 valence electrons. The van der Waals surface area contributed by atoms with E-state index in [1.165, 1.54) is 0 Å². The zero-order chi connectivity index (χ0) is 30.2. The first-order valence-electron chi connectivity index (χ1n) is 14.4. The number of nitrogens with two attached hydrogens (primary N) is 1. The van der Waals surface area contributed by atoms with Gasteiger partial charge in [0.2, 0.25) is 0 Å². The number of nitrogens with zero attached hydrogens (tertiary/aromatic N) is 2. The normalized spacial score (nSPS) is 16.3. The van der Waals surface area contributed by atoms with Gasteiger partial charge >= 0.3 is 18.2 Å². The van der Waals surface area contributed by atoms with Gasteiger partial charge in [-0.1, -0.05) is 13.8 Å². The van der Waals surface area contributed by atoms with Gasteiger partial charge in [0.05, 0.1) is 0 Å². The summed E-state index contributed by atoms with van der Waals surface area (Å²) < 4.78 is 10.6. The van der Waals surface area contributed by atoms with E-state index in [0.29, 0.717) is 50.7 Å². The molecule has 0 aliphatic carbocycles. The fraction of sp³-hybridized carbons (Fsp3) is 0.862. The van der Waals surface area contributed by atoms with Crippen LogP contribution in [0.1, 0.15) is 107 Å². The molecular formula is C29H56ClN3O7. The highest BCUT2D eigenvalue weighted by Gasteiger charge is 2.28. The summed E-state index contributed by atoms with van der Waals surface area (Å²) in [6.45, 7) is 18.4. The van der Waals surface area contributed by atoms with E-state index in [2.05, 4.69) is 0 Å². The van der Waals surface area contributed by atoms with Crippen molar-refractivity contribution in [1.82, 2.24) is 9.80 Å². The second-order valence-electron chi connectivity index (χ2n) is 12.3. The number of likely N-dealkylation sites (tertiary alicyclic amines) is 2. The number of carboxylic acids is 1. The Labute approximate surface area is 248 Å². The molecule has 2 saturated heterocycles. The number of aliphatic carboxylic acids is 1. The number of Topliss-reactive ketones (excluding diaryl/α,β-unsaturated/α-hetero) is 1. The quantitative estimate of drug-likeness (QED) is 0.388. The van der Waals surface area contributed by atoms with Gasteiger partial charge in [-0.3, -0.25) is 9.59 Å². The van der Waals surface area contributed by atoms with Gasteiger partial charge in [-0.15, -0.1) is 12.4 Å².